The van der Waals surface area contributed by atoms with Gasteiger partial charge in [0.05, 0.1) is 18.4 Å². The highest BCUT2D eigenvalue weighted by Gasteiger charge is 2.21. The Kier molecular flexibility index (Phi) is 5.15. The number of sulfonamides is 1. The Morgan fingerprint density at radius 1 is 1.15 bits per heavy atom. The Labute approximate surface area is 152 Å². The molecule has 0 aliphatic carbocycles. The highest BCUT2D eigenvalue weighted by molar-refractivity contribution is 7.89. The number of fused-ring (bicyclic) bond motifs is 1. The summed E-state index contributed by atoms with van der Waals surface area (Å²) in [6.45, 7) is 2.21. The first-order chi connectivity index (χ1) is 12.4. The molecule has 26 heavy (non-hydrogen) atoms. The molecule has 7 nitrogen and oxygen atoms in total. The minimum Gasteiger partial charge on any atom is -0.493 e. The van der Waals surface area contributed by atoms with Crippen LogP contribution < -0.4 is 19.5 Å². The van der Waals surface area contributed by atoms with Crippen molar-refractivity contribution < 1.29 is 22.7 Å². The van der Waals surface area contributed by atoms with Crippen molar-refractivity contribution in [2.75, 3.05) is 25.6 Å². The summed E-state index contributed by atoms with van der Waals surface area (Å²) in [5.41, 5.74) is 2.38. The fourth-order valence-corrected chi connectivity index (χ4v) is 3.75. The van der Waals surface area contributed by atoms with Crippen LogP contribution in [0.15, 0.2) is 41.3 Å². The standard InChI is InChI=1S/C18H20N2O5S/c1-12-3-6-16(17(9-12)24-2)25-8-7-19-26(22,23)14-4-5-15-13(10-14)11-18(21)20-15/h3-6,9-10,19H,7-8,11H2,1-2H3,(H,20,21). The molecule has 2 N–H and O–H groups in total. The van der Waals surface area contributed by atoms with Gasteiger partial charge in [0, 0.05) is 12.2 Å². The van der Waals surface area contributed by atoms with E-state index in [0.29, 0.717) is 22.7 Å². The van der Waals surface area contributed by atoms with E-state index in [1.54, 1.807) is 19.2 Å². The predicted octanol–water partition coefficient (Wildman–Crippen LogP) is 1.86. The Bertz CT molecular complexity index is 941. The van der Waals surface area contributed by atoms with Crippen molar-refractivity contribution >= 4 is 21.6 Å². The van der Waals surface area contributed by atoms with Gasteiger partial charge >= 0.3 is 0 Å². The topological polar surface area (TPSA) is 93.7 Å². The number of amides is 1. The maximum absolute atomic E-state index is 12.4. The number of hydrogen-bond acceptors (Lipinski definition) is 5. The largest absolute Gasteiger partial charge is 0.493 e. The zero-order chi connectivity index (χ0) is 18.7. The van der Waals surface area contributed by atoms with E-state index in [0.717, 1.165) is 5.56 Å². The summed E-state index contributed by atoms with van der Waals surface area (Å²) in [5.74, 6) is 1.02. The zero-order valence-electron chi connectivity index (χ0n) is 14.5. The van der Waals surface area contributed by atoms with Gasteiger partial charge in [-0.25, -0.2) is 13.1 Å². The molecule has 2 aromatic rings. The molecule has 8 heteroatoms. The van der Waals surface area contributed by atoms with Crippen LogP contribution in [0.4, 0.5) is 5.69 Å². The molecule has 0 fully saturated rings. The molecule has 0 spiro atoms. The number of nitrogens with one attached hydrogen (secondary N) is 2. The number of rotatable bonds is 7. The first-order valence-electron chi connectivity index (χ1n) is 8.09. The molecule has 0 bridgehead atoms. The second-order valence-electron chi connectivity index (χ2n) is 5.94. The number of anilines is 1. The number of hydrogen-bond donors (Lipinski definition) is 2. The average Bonchev–Trinajstić information content (AvgIpc) is 2.98. The molecule has 0 saturated heterocycles. The fourth-order valence-electron chi connectivity index (χ4n) is 2.69. The fraction of sp³-hybridized carbons (Fsp3) is 0.278. The van der Waals surface area contributed by atoms with E-state index in [2.05, 4.69) is 10.0 Å². The number of carbonyl (C=O) groups is 1. The molecule has 2 aromatic carbocycles. The molecular formula is C18H20N2O5S. The van der Waals surface area contributed by atoms with Crippen molar-refractivity contribution in [1.29, 1.82) is 0 Å². The van der Waals surface area contributed by atoms with Crippen LogP contribution in [0, 0.1) is 6.92 Å². The van der Waals surface area contributed by atoms with Crippen LogP contribution in [0.2, 0.25) is 0 Å². The highest BCUT2D eigenvalue weighted by Crippen LogP contribution is 2.28. The van der Waals surface area contributed by atoms with E-state index in [4.69, 9.17) is 9.47 Å². The minimum absolute atomic E-state index is 0.105. The van der Waals surface area contributed by atoms with Crippen molar-refractivity contribution in [2.24, 2.45) is 0 Å². The van der Waals surface area contributed by atoms with Gasteiger partial charge in [-0.3, -0.25) is 4.79 Å². The molecule has 0 saturated carbocycles. The molecule has 1 heterocycles. The summed E-state index contributed by atoms with van der Waals surface area (Å²) in [6, 6.07) is 10.1. The van der Waals surface area contributed by atoms with Crippen LogP contribution in [-0.2, 0) is 21.2 Å². The maximum Gasteiger partial charge on any atom is 0.240 e. The van der Waals surface area contributed by atoms with Gasteiger partial charge in [-0.05, 0) is 48.4 Å². The van der Waals surface area contributed by atoms with Crippen molar-refractivity contribution in [1.82, 2.24) is 4.72 Å². The number of methoxy groups -OCH3 is 1. The normalized spacial score (nSPS) is 13.2. The maximum atomic E-state index is 12.4. The smallest absolute Gasteiger partial charge is 0.240 e. The van der Waals surface area contributed by atoms with Crippen LogP contribution in [0.3, 0.4) is 0 Å². The van der Waals surface area contributed by atoms with E-state index < -0.39 is 10.0 Å². The lowest BCUT2D eigenvalue weighted by Crippen LogP contribution is -2.28. The lowest BCUT2D eigenvalue weighted by atomic mass is 10.2. The van der Waals surface area contributed by atoms with E-state index in [9.17, 15) is 13.2 Å². The number of aryl methyl sites for hydroxylation is 1. The summed E-state index contributed by atoms with van der Waals surface area (Å²) < 4.78 is 38.1. The molecule has 1 aliphatic rings. The van der Waals surface area contributed by atoms with E-state index in [1.165, 1.54) is 12.1 Å². The molecular weight excluding hydrogens is 356 g/mol. The molecule has 0 atom stereocenters. The second-order valence-corrected chi connectivity index (χ2v) is 7.71. The van der Waals surface area contributed by atoms with Crippen LogP contribution in [0.5, 0.6) is 11.5 Å². The Morgan fingerprint density at radius 3 is 2.73 bits per heavy atom. The second kappa shape index (κ2) is 7.35. The summed E-state index contributed by atoms with van der Waals surface area (Å²) in [5, 5.41) is 2.68. The van der Waals surface area contributed by atoms with Gasteiger partial charge in [0.25, 0.3) is 0 Å². The Morgan fingerprint density at radius 2 is 1.96 bits per heavy atom. The third-order valence-electron chi connectivity index (χ3n) is 3.98. The average molecular weight is 376 g/mol. The first kappa shape index (κ1) is 18.2. The van der Waals surface area contributed by atoms with Gasteiger partial charge in [-0.1, -0.05) is 6.07 Å². The van der Waals surface area contributed by atoms with Crippen LogP contribution in [0.25, 0.3) is 0 Å². The molecule has 0 radical (unpaired) electrons. The number of benzene rings is 2. The van der Waals surface area contributed by atoms with Gasteiger partial charge in [-0.15, -0.1) is 0 Å². The van der Waals surface area contributed by atoms with E-state index >= 15 is 0 Å². The zero-order valence-corrected chi connectivity index (χ0v) is 15.4. The van der Waals surface area contributed by atoms with Crippen molar-refractivity contribution in [2.45, 2.75) is 18.2 Å². The monoisotopic (exact) mass is 376 g/mol. The number of ether oxygens (including phenoxy) is 2. The Hall–Kier alpha value is -2.58. The molecule has 1 amide bonds. The molecule has 0 aromatic heterocycles. The summed E-state index contributed by atoms with van der Waals surface area (Å²) in [6.07, 6.45) is 0.190. The van der Waals surface area contributed by atoms with Crippen LogP contribution in [-0.4, -0.2) is 34.6 Å². The molecule has 1 aliphatic heterocycles. The number of carbonyl (C=O) groups excluding carboxylic acids is 1. The Balaban J connectivity index is 1.59. The molecule has 0 unspecified atom stereocenters. The van der Waals surface area contributed by atoms with Crippen molar-refractivity contribution in [3.05, 3.63) is 47.5 Å². The lowest BCUT2D eigenvalue weighted by molar-refractivity contribution is -0.115. The quantitative estimate of drug-likeness (QED) is 0.720. The third kappa shape index (κ3) is 3.97. The van der Waals surface area contributed by atoms with Gasteiger partial charge in [-0.2, -0.15) is 0 Å². The van der Waals surface area contributed by atoms with Crippen molar-refractivity contribution in [3.63, 3.8) is 0 Å². The van der Waals surface area contributed by atoms with Crippen LogP contribution in [0.1, 0.15) is 11.1 Å². The molecule has 138 valence electrons. The van der Waals surface area contributed by atoms with Gasteiger partial charge in [0.1, 0.15) is 6.61 Å². The van der Waals surface area contributed by atoms with E-state index in [-0.39, 0.29) is 30.4 Å². The predicted molar refractivity (Wildman–Crippen MR) is 97.2 cm³/mol. The van der Waals surface area contributed by atoms with Crippen molar-refractivity contribution in [3.8, 4) is 11.5 Å². The lowest BCUT2D eigenvalue weighted by Gasteiger charge is -2.12. The van der Waals surface area contributed by atoms with E-state index in [1.807, 2.05) is 19.1 Å². The summed E-state index contributed by atoms with van der Waals surface area (Å²) >= 11 is 0. The SMILES string of the molecule is COc1cc(C)ccc1OCCNS(=O)(=O)c1ccc2c(c1)CC(=O)N2. The first-order valence-corrected chi connectivity index (χ1v) is 9.57. The van der Waals surface area contributed by atoms with Gasteiger partial charge < -0.3 is 14.8 Å². The minimum atomic E-state index is -3.68. The molecule has 3 rings (SSSR count). The summed E-state index contributed by atoms with van der Waals surface area (Å²) in [4.78, 5) is 11.5. The third-order valence-corrected chi connectivity index (χ3v) is 5.44. The summed E-state index contributed by atoms with van der Waals surface area (Å²) in [7, 11) is -2.12. The van der Waals surface area contributed by atoms with Gasteiger partial charge in [0.2, 0.25) is 15.9 Å². The highest BCUT2D eigenvalue weighted by atomic mass is 32.2. The van der Waals surface area contributed by atoms with Gasteiger partial charge in [0.15, 0.2) is 11.5 Å². The van der Waals surface area contributed by atoms with Crippen LogP contribution >= 0.6 is 0 Å².